The molecular weight excluding hydrogens is 252 g/mol. The van der Waals surface area contributed by atoms with Crippen molar-refractivity contribution in [1.82, 2.24) is 10.6 Å². The molecule has 0 saturated carbocycles. The first-order chi connectivity index (χ1) is 8.66. The molecule has 2 rings (SSSR count). The molecule has 0 aliphatic carbocycles. The predicted molar refractivity (Wildman–Crippen MR) is 71.1 cm³/mol. The summed E-state index contributed by atoms with van der Waals surface area (Å²) in [4.78, 5) is 11.8. The molecule has 1 aromatic rings. The Morgan fingerprint density at radius 2 is 2.39 bits per heavy atom. The summed E-state index contributed by atoms with van der Waals surface area (Å²) in [5.41, 5.74) is 0.224. The van der Waals surface area contributed by atoms with Gasteiger partial charge in [0.25, 0.3) is 5.91 Å². The Morgan fingerprint density at radius 3 is 3.11 bits per heavy atom. The molecule has 1 atom stereocenters. The van der Waals surface area contributed by atoms with Gasteiger partial charge in [0.15, 0.2) is 0 Å². The van der Waals surface area contributed by atoms with Crippen LogP contribution in [-0.2, 0) is 0 Å². The average molecular weight is 269 g/mol. The summed E-state index contributed by atoms with van der Waals surface area (Å²) in [7, 11) is 0. The quantitative estimate of drug-likeness (QED) is 0.782. The number of halogens is 1. The van der Waals surface area contributed by atoms with E-state index in [1.807, 2.05) is 0 Å². The SMILES string of the molecule is O=C(NCC[C@@H]1CCCN1)c1cc(Cl)ccc1O. The van der Waals surface area contributed by atoms with Crippen molar-refractivity contribution < 1.29 is 9.90 Å². The van der Waals surface area contributed by atoms with Crippen LogP contribution in [0.5, 0.6) is 5.75 Å². The summed E-state index contributed by atoms with van der Waals surface area (Å²) in [5.74, 6) is -0.330. The lowest BCUT2D eigenvalue weighted by Gasteiger charge is -2.11. The zero-order chi connectivity index (χ0) is 13.0. The van der Waals surface area contributed by atoms with Crippen LogP contribution in [0.3, 0.4) is 0 Å². The summed E-state index contributed by atoms with van der Waals surface area (Å²) in [5, 5.41) is 16.2. The van der Waals surface area contributed by atoms with Crippen molar-refractivity contribution in [3.63, 3.8) is 0 Å². The average Bonchev–Trinajstić information content (AvgIpc) is 2.85. The molecule has 1 aliphatic rings. The van der Waals surface area contributed by atoms with Gasteiger partial charge in [-0.25, -0.2) is 0 Å². The van der Waals surface area contributed by atoms with Gasteiger partial charge < -0.3 is 15.7 Å². The van der Waals surface area contributed by atoms with E-state index in [9.17, 15) is 9.90 Å². The van der Waals surface area contributed by atoms with E-state index < -0.39 is 0 Å². The molecule has 3 N–H and O–H groups in total. The topological polar surface area (TPSA) is 61.4 Å². The van der Waals surface area contributed by atoms with Gasteiger partial charge in [0.1, 0.15) is 5.75 Å². The molecule has 1 fully saturated rings. The van der Waals surface area contributed by atoms with Crippen LogP contribution in [-0.4, -0.2) is 30.1 Å². The number of aromatic hydroxyl groups is 1. The summed E-state index contributed by atoms with van der Waals surface area (Å²) in [6.45, 7) is 1.66. The number of phenols is 1. The maximum atomic E-state index is 11.8. The van der Waals surface area contributed by atoms with Crippen LogP contribution in [0.15, 0.2) is 18.2 Å². The molecule has 4 nitrogen and oxygen atoms in total. The fraction of sp³-hybridized carbons (Fsp3) is 0.462. The highest BCUT2D eigenvalue weighted by molar-refractivity contribution is 6.31. The van der Waals surface area contributed by atoms with E-state index in [1.165, 1.54) is 18.6 Å². The Hall–Kier alpha value is -1.26. The van der Waals surface area contributed by atoms with Gasteiger partial charge in [-0.2, -0.15) is 0 Å². The van der Waals surface area contributed by atoms with Gasteiger partial charge in [-0.05, 0) is 44.0 Å². The third kappa shape index (κ3) is 3.37. The molecule has 1 amide bonds. The van der Waals surface area contributed by atoms with E-state index in [0.29, 0.717) is 17.6 Å². The van der Waals surface area contributed by atoms with Crippen molar-refractivity contribution >= 4 is 17.5 Å². The van der Waals surface area contributed by atoms with Crippen LogP contribution in [0.2, 0.25) is 5.02 Å². The van der Waals surface area contributed by atoms with Gasteiger partial charge in [0, 0.05) is 17.6 Å². The molecule has 0 radical (unpaired) electrons. The van der Waals surface area contributed by atoms with Gasteiger partial charge >= 0.3 is 0 Å². The van der Waals surface area contributed by atoms with E-state index in [4.69, 9.17) is 11.6 Å². The highest BCUT2D eigenvalue weighted by Gasteiger charge is 2.15. The van der Waals surface area contributed by atoms with Crippen molar-refractivity contribution in [1.29, 1.82) is 0 Å². The van der Waals surface area contributed by atoms with E-state index in [1.54, 1.807) is 6.07 Å². The second-order valence-corrected chi connectivity index (χ2v) is 4.94. The molecular formula is C13H17ClN2O2. The van der Waals surface area contributed by atoms with Gasteiger partial charge in [-0.3, -0.25) is 4.79 Å². The monoisotopic (exact) mass is 268 g/mol. The molecule has 1 aromatic carbocycles. The number of benzene rings is 1. The third-order valence-corrected chi connectivity index (χ3v) is 3.38. The number of amides is 1. The smallest absolute Gasteiger partial charge is 0.255 e. The maximum Gasteiger partial charge on any atom is 0.255 e. The molecule has 1 saturated heterocycles. The lowest BCUT2D eigenvalue weighted by atomic mass is 10.1. The van der Waals surface area contributed by atoms with E-state index in [0.717, 1.165) is 19.4 Å². The second-order valence-electron chi connectivity index (χ2n) is 4.50. The van der Waals surface area contributed by atoms with Crippen molar-refractivity contribution in [2.75, 3.05) is 13.1 Å². The highest BCUT2D eigenvalue weighted by atomic mass is 35.5. The van der Waals surface area contributed by atoms with Crippen LogP contribution in [0, 0.1) is 0 Å². The minimum absolute atomic E-state index is 0.0455. The largest absolute Gasteiger partial charge is 0.507 e. The molecule has 1 heterocycles. The summed E-state index contributed by atoms with van der Waals surface area (Å²) in [6.07, 6.45) is 3.28. The first-order valence-electron chi connectivity index (χ1n) is 6.17. The highest BCUT2D eigenvalue weighted by Crippen LogP contribution is 2.21. The van der Waals surface area contributed by atoms with E-state index >= 15 is 0 Å². The van der Waals surface area contributed by atoms with E-state index in [2.05, 4.69) is 10.6 Å². The molecule has 18 heavy (non-hydrogen) atoms. The van der Waals surface area contributed by atoms with Crippen molar-refractivity contribution in [2.45, 2.75) is 25.3 Å². The van der Waals surface area contributed by atoms with Crippen molar-refractivity contribution in [2.24, 2.45) is 0 Å². The van der Waals surface area contributed by atoms with Gasteiger partial charge in [0.2, 0.25) is 0 Å². The molecule has 0 spiro atoms. The van der Waals surface area contributed by atoms with Crippen LogP contribution in [0.25, 0.3) is 0 Å². The van der Waals surface area contributed by atoms with E-state index in [-0.39, 0.29) is 17.2 Å². The lowest BCUT2D eigenvalue weighted by molar-refractivity contribution is 0.0949. The minimum Gasteiger partial charge on any atom is -0.507 e. The Kier molecular flexibility index (Phi) is 4.44. The Bertz CT molecular complexity index is 431. The number of nitrogens with one attached hydrogen (secondary N) is 2. The zero-order valence-corrected chi connectivity index (χ0v) is 10.8. The standard InChI is InChI=1S/C13H17ClN2O2/c14-9-3-4-12(17)11(8-9)13(18)16-7-5-10-2-1-6-15-10/h3-4,8,10,15,17H,1-2,5-7H2,(H,16,18)/t10-/m0/s1. The maximum absolute atomic E-state index is 11.8. The molecule has 0 aromatic heterocycles. The normalized spacial score (nSPS) is 18.8. The lowest BCUT2D eigenvalue weighted by Crippen LogP contribution is -2.30. The molecule has 5 heteroatoms. The third-order valence-electron chi connectivity index (χ3n) is 3.14. The predicted octanol–water partition coefficient (Wildman–Crippen LogP) is 1.92. The van der Waals surface area contributed by atoms with Gasteiger partial charge in [-0.15, -0.1) is 0 Å². The number of carbonyl (C=O) groups excluding carboxylic acids is 1. The number of hydrogen-bond acceptors (Lipinski definition) is 3. The Balaban J connectivity index is 1.85. The van der Waals surface area contributed by atoms with Crippen LogP contribution in [0.1, 0.15) is 29.6 Å². The number of carbonyl (C=O) groups is 1. The molecule has 0 unspecified atom stereocenters. The molecule has 0 bridgehead atoms. The van der Waals surface area contributed by atoms with Crippen LogP contribution >= 0.6 is 11.6 Å². The number of rotatable bonds is 4. The van der Waals surface area contributed by atoms with Gasteiger partial charge in [-0.1, -0.05) is 11.6 Å². The fourth-order valence-electron chi connectivity index (χ4n) is 2.15. The first-order valence-corrected chi connectivity index (χ1v) is 6.54. The summed E-state index contributed by atoms with van der Waals surface area (Å²) in [6, 6.07) is 4.95. The minimum atomic E-state index is -0.284. The second kappa shape index (κ2) is 6.07. The molecule has 1 aliphatic heterocycles. The number of phenolic OH excluding ortho intramolecular Hbond substituents is 1. The summed E-state index contributed by atoms with van der Waals surface area (Å²) < 4.78 is 0. The van der Waals surface area contributed by atoms with Gasteiger partial charge in [0.05, 0.1) is 5.56 Å². The zero-order valence-electron chi connectivity index (χ0n) is 10.1. The Morgan fingerprint density at radius 1 is 1.56 bits per heavy atom. The van der Waals surface area contributed by atoms with Crippen molar-refractivity contribution in [3.8, 4) is 5.75 Å². The Labute approximate surface area is 111 Å². The van der Waals surface area contributed by atoms with Crippen molar-refractivity contribution in [3.05, 3.63) is 28.8 Å². The number of hydrogen-bond donors (Lipinski definition) is 3. The first kappa shape index (κ1) is 13.2. The van der Waals surface area contributed by atoms with Crippen LogP contribution in [0.4, 0.5) is 0 Å². The van der Waals surface area contributed by atoms with Crippen LogP contribution < -0.4 is 10.6 Å². The summed E-state index contributed by atoms with van der Waals surface area (Å²) >= 11 is 5.80. The molecule has 98 valence electrons. The fourth-order valence-corrected chi connectivity index (χ4v) is 2.32.